The van der Waals surface area contributed by atoms with E-state index in [1.807, 2.05) is 25.1 Å². The molecule has 1 aliphatic carbocycles. The van der Waals surface area contributed by atoms with Crippen molar-refractivity contribution in [2.75, 3.05) is 0 Å². The molecule has 6 heteroatoms. The van der Waals surface area contributed by atoms with Gasteiger partial charge < -0.3 is 4.98 Å². The third kappa shape index (κ3) is 4.28. The number of imidazole rings is 1. The molecule has 1 atom stereocenters. The van der Waals surface area contributed by atoms with Gasteiger partial charge in [-0.15, -0.1) is 0 Å². The number of H-pyrrole nitrogens is 1. The molecule has 5 nitrogen and oxygen atoms in total. The number of hydrogen-bond donors (Lipinski definition) is 2. The molecule has 0 saturated heterocycles. The molecule has 0 radical (unpaired) electrons. The highest BCUT2D eigenvalue weighted by atomic mass is 32.2. The van der Waals surface area contributed by atoms with E-state index in [1.165, 1.54) is 19.3 Å². The summed E-state index contributed by atoms with van der Waals surface area (Å²) in [5.74, 6) is 1.26. The third-order valence-corrected chi connectivity index (χ3v) is 7.28. The number of aromatic amines is 1. The summed E-state index contributed by atoms with van der Waals surface area (Å²) in [5.41, 5.74) is 2.70. The minimum atomic E-state index is -3.55. The first kappa shape index (κ1) is 19.2. The van der Waals surface area contributed by atoms with Crippen LogP contribution in [0, 0.1) is 5.92 Å². The van der Waals surface area contributed by atoms with E-state index in [9.17, 15) is 8.42 Å². The predicted molar refractivity (Wildman–Crippen MR) is 112 cm³/mol. The van der Waals surface area contributed by atoms with Crippen LogP contribution in [0.2, 0.25) is 0 Å². The molecule has 1 fully saturated rings. The van der Waals surface area contributed by atoms with Gasteiger partial charge in [-0.1, -0.05) is 49.6 Å². The van der Waals surface area contributed by atoms with Crippen LogP contribution in [-0.2, 0) is 16.4 Å². The van der Waals surface area contributed by atoms with Crippen molar-refractivity contribution in [2.45, 2.75) is 56.4 Å². The van der Waals surface area contributed by atoms with Gasteiger partial charge in [-0.2, -0.15) is 0 Å². The Kier molecular flexibility index (Phi) is 5.51. The molecule has 1 aromatic heterocycles. The predicted octanol–water partition coefficient (Wildman–Crippen LogP) is 4.40. The SMILES string of the molecule is CC(NS(=O)(=O)c1ccc2nc(Cc3ccccc3)[nH]c2c1)C1CCCCC1. The van der Waals surface area contributed by atoms with E-state index in [0.29, 0.717) is 12.3 Å². The van der Waals surface area contributed by atoms with Crippen molar-refractivity contribution in [3.63, 3.8) is 0 Å². The lowest BCUT2D eigenvalue weighted by molar-refractivity contribution is 0.303. The molecular formula is C22H27N3O2S. The van der Waals surface area contributed by atoms with E-state index < -0.39 is 10.0 Å². The topological polar surface area (TPSA) is 74.8 Å². The molecule has 4 rings (SSSR count). The Morgan fingerprint density at radius 1 is 1.11 bits per heavy atom. The number of aromatic nitrogens is 2. The zero-order chi connectivity index (χ0) is 19.6. The van der Waals surface area contributed by atoms with Gasteiger partial charge in [0.2, 0.25) is 10.0 Å². The normalized spacial score (nSPS) is 17.0. The van der Waals surface area contributed by atoms with Gasteiger partial charge in [-0.05, 0) is 49.4 Å². The van der Waals surface area contributed by atoms with Crippen LogP contribution < -0.4 is 4.72 Å². The van der Waals surface area contributed by atoms with E-state index in [1.54, 1.807) is 18.2 Å². The third-order valence-electron chi connectivity index (χ3n) is 5.73. The Balaban J connectivity index is 1.53. The average molecular weight is 398 g/mol. The maximum atomic E-state index is 12.9. The number of nitrogens with zero attached hydrogens (tertiary/aromatic N) is 1. The van der Waals surface area contributed by atoms with E-state index in [0.717, 1.165) is 35.3 Å². The Bertz CT molecular complexity index is 1040. The monoisotopic (exact) mass is 397 g/mol. The molecule has 1 unspecified atom stereocenters. The van der Waals surface area contributed by atoms with Crippen molar-refractivity contribution in [3.8, 4) is 0 Å². The summed E-state index contributed by atoms with van der Waals surface area (Å²) in [5, 5.41) is 0. The van der Waals surface area contributed by atoms with Gasteiger partial charge in [0.15, 0.2) is 0 Å². The fourth-order valence-corrected chi connectivity index (χ4v) is 5.46. The van der Waals surface area contributed by atoms with Gasteiger partial charge in [0.25, 0.3) is 0 Å². The fraction of sp³-hybridized carbons (Fsp3) is 0.409. The van der Waals surface area contributed by atoms with Crippen LogP contribution in [0.25, 0.3) is 11.0 Å². The smallest absolute Gasteiger partial charge is 0.240 e. The molecular weight excluding hydrogens is 370 g/mol. The molecule has 0 spiro atoms. The maximum absolute atomic E-state index is 12.9. The van der Waals surface area contributed by atoms with Gasteiger partial charge in [-0.25, -0.2) is 18.1 Å². The van der Waals surface area contributed by atoms with Crippen LogP contribution in [0.15, 0.2) is 53.4 Å². The Morgan fingerprint density at radius 3 is 2.61 bits per heavy atom. The average Bonchev–Trinajstić information content (AvgIpc) is 3.10. The lowest BCUT2D eigenvalue weighted by atomic mass is 9.85. The molecule has 0 aliphatic heterocycles. The molecule has 28 heavy (non-hydrogen) atoms. The van der Waals surface area contributed by atoms with Gasteiger partial charge in [0.1, 0.15) is 5.82 Å². The van der Waals surface area contributed by atoms with Crippen LogP contribution in [-0.4, -0.2) is 24.4 Å². The first-order valence-corrected chi connectivity index (χ1v) is 11.5. The van der Waals surface area contributed by atoms with Crippen molar-refractivity contribution in [2.24, 2.45) is 5.92 Å². The maximum Gasteiger partial charge on any atom is 0.240 e. The van der Waals surface area contributed by atoms with Crippen molar-refractivity contribution in [3.05, 3.63) is 59.9 Å². The van der Waals surface area contributed by atoms with Crippen LogP contribution >= 0.6 is 0 Å². The molecule has 0 amide bonds. The van der Waals surface area contributed by atoms with Crippen molar-refractivity contribution < 1.29 is 8.42 Å². The standard InChI is InChI=1S/C22H27N3O2S/c1-16(18-10-6-3-7-11-18)25-28(26,27)19-12-13-20-21(15-19)24-22(23-20)14-17-8-4-2-5-9-17/h2,4-5,8-9,12-13,15-16,18,25H,3,6-7,10-11,14H2,1H3,(H,23,24). The van der Waals surface area contributed by atoms with Crippen LogP contribution in [0.1, 0.15) is 50.4 Å². The van der Waals surface area contributed by atoms with E-state index in [4.69, 9.17) is 0 Å². The minimum Gasteiger partial charge on any atom is -0.342 e. The molecule has 3 aromatic rings. The number of rotatable bonds is 6. The quantitative estimate of drug-likeness (QED) is 0.647. The molecule has 1 saturated carbocycles. The summed E-state index contributed by atoms with van der Waals surface area (Å²) in [4.78, 5) is 8.15. The summed E-state index contributed by atoms with van der Waals surface area (Å²) in [6.07, 6.45) is 6.55. The second-order valence-electron chi connectivity index (χ2n) is 7.83. The second-order valence-corrected chi connectivity index (χ2v) is 9.55. The van der Waals surface area contributed by atoms with Crippen LogP contribution in [0.5, 0.6) is 0 Å². The highest BCUT2D eigenvalue weighted by Gasteiger charge is 2.25. The van der Waals surface area contributed by atoms with Gasteiger partial charge in [-0.3, -0.25) is 0 Å². The van der Waals surface area contributed by atoms with Crippen LogP contribution in [0.3, 0.4) is 0 Å². The van der Waals surface area contributed by atoms with Gasteiger partial charge in [0, 0.05) is 12.5 Å². The minimum absolute atomic E-state index is 0.0450. The fourth-order valence-electron chi connectivity index (χ4n) is 4.12. The Morgan fingerprint density at radius 2 is 1.86 bits per heavy atom. The summed E-state index contributed by atoms with van der Waals surface area (Å²) >= 11 is 0. The summed E-state index contributed by atoms with van der Waals surface area (Å²) < 4.78 is 28.7. The number of sulfonamides is 1. The van der Waals surface area contributed by atoms with E-state index in [2.05, 4.69) is 26.8 Å². The van der Waals surface area contributed by atoms with E-state index in [-0.39, 0.29) is 10.9 Å². The molecule has 0 bridgehead atoms. The first-order chi connectivity index (χ1) is 13.5. The highest BCUT2D eigenvalue weighted by Crippen LogP contribution is 2.27. The molecule has 2 aromatic carbocycles. The lowest BCUT2D eigenvalue weighted by Gasteiger charge is -2.28. The first-order valence-electron chi connectivity index (χ1n) is 10.1. The summed E-state index contributed by atoms with van der Waals surface area (Å²) in [7, 11) is -3.55. The highest BCUT2D eigenvalue weighted by molar-refractivity contribution is 7.89. The zero-order valence-corrected chi connectivity index (χ0v) is 17.0. The van der Waals surface area contributed by atoms with Crippen molar-refractivity contribution in [1.29, 1.82) is 0 Å². The van der Waals surface area contributed by atoms with Crippen molar-refractivity contribution in [1.82, 2.24) is 14.7 Å². The van der Waals surface area contributed by atoms with Gasteiger partial charge >= 0.3 is 0 Å². The molecule has 1 heterocycles. The Labute approximate surface area is 166 Å². The van der Waals surface area contributed by atoms with Gasteiger partial charge in [0.05, 0.1) is 15.9 Å². The van der Waals surface area contributed by atoms with Crippen LogP contribution in [0.4, 0.5) is 0 Å². The van der Waals surface area contributed by atoms with E-state index >= 15 is 0 Å². The lowest BCUT2D eigenvalue weighted by Crippen LogP contribution is -2.38. The second kappa shape index (κ2) is 8.05. The summed E-state index contributed by atoms with van der Waals surface area (Å²) in [6, 6.07) is 15.2. The van der Waals surface area contributed by atoms with Crippen molar-refractivity contribution >= 4 is 21.1 Å². The number of nitrogens with one attached hydrogen (secondary N) is 2. The number of fused-ring (bicyclic) bond motifs is 1. The molecule has 1 aliphatic rings. The molecule has 148 valence electrons. The Hall–Kier alpha value is -2.18. The number of hydrogen-bond acceptors (Lipinski definition) is 3. The summed E-state index contributed by atoms with van der Waals surface area (Å²) in [6.45, 7) is 1.99. The largest absolute Gasteiger partial charge is 0.342 e. The zero-order valence-electron chi connectivity index (χ0n) is 16.2. The molecule has 2 N–H and O–H groups in total. The number of benzene rings is 2.